The van der Waals surface area contributed by atoms with Crippen molar-refractivity contribution in [2.75, 3.05) is 26.1 Å². The first kappa shape index (κ1) is 21.8. The maximum absolute atomic E-state index is 12.7. The highest BCUT2D eigenvalue weighted by molar-refractivity contribution is 5.95. The number of carbonyl (C=O) groups is 2. The zero-order chi connectivity index (χ0) is 21.4. The molecule has 29 heavy (non-hydrogen) atoms. The van der Waals surface area contributed by atoms with Gasteiger partial charge < -0.3 is 19.5 Å². The monoisotopic (exact) mass is 409 g/mol. The van der Waals surface area contributed by atoms with Gasteiger partial charge in [-0.05, 0) is 35.9 Å². The molecular weight excluding hydrogens is 391 g/mol. The summed E-state index contributed by atoms with van der Waals surface area (Å²) >= 11 is 0. The van der Waals surface area contributed by atoms with Crippen molar-refractivity contribution >= 4 is 23.6 Å². The summed E-state index contributed by atoms with van der Waals surface area (Å²) < 4.78 is 53.0. The van der Waals surface area contributed by atoms with E-state index in [9.17, 15) is 22.8 Å². The molecule has 0 atom stereocenters. The molecule has 2 aromatic rings. The highest BCUT2D eigenvalue weighted by atomic mass is 19.4. The molecular formula is C20H18F3NO5. The standard InChI is InChI=1S/C20H18F3NO5/c1-27-15-7-8-17(28-2)16(11-15)24-18(25)12-29-19(26)9-6-13-4-3-5-14(10-13)20(21,22)23/h3-11H,12H2,1-2H3,(H,24,25). The molecule has 2 rings (SSSR count). The fourth-order valence-corrected chi connectivity index (χ4v) is 2.27. The highest BCUT2D eigenvalue weighted by Gasteiger charge is 2.30. The quantitative estimate of drug-likeness (QED) is 0.554. The molecule has 2 aromatic carbocycles. The molecule has 0 fully saturated rings. The van der Waals surface area contributed by atoms with Crippen molar-refractivity contribution in [3.05, 3.63) is 59.7 Å². The summed E-state index contributed by atoms with van der Waals surface area (Å²) in [6, 6.07) is 9.22. The predicted molar refractivity (Wildman–Crippen MR) is 99.6 cm³/mol. The maximum Gasteiger partial charge on any atom is 0.416 e. The third-order valence-corrected chi connectivity index (χ3v) is 3.65. The van der Waals surface area contributed by atoms with Crippen LogP contribution in [0.25, 0.3) is 6.08 Å². The maximum atomic E-state index is 12.7. The van der Waals surface area contributed by atoms with Crippen molar-refractivity contribution in [2.24, 2.45) is 0 Å². The average Bonchev–Trinajstić information content (AvgIpc) is 2.70. The van der Waals surface area contributed by atoms with Gasteiger partial charge in [-0.3, -0.25) is 4.79 Å². The molecule has 0 unspecified atom stereocenters. The molecule has 0 spiro atoms. The smallest absolute Gasteiger partial charge is 0.416 e. The molecule has 0 radical (unpaired) electrons. The van der Waals surface area contributed by atoms with Crippen LogP contribution in [0.5, 0.6) is 11.5 Å². The molecule has 0 aromatic heterocycles. The molecule has 0 heterocycles. The lowest BCUT2D eigenvalue weighted by molar-refractivity contribution is -0.142. The number of rotatable bonds is 7. The number of ether oxygens (including phenoxy) is 3. The third-order valence-electron chi connectivity index (χ3n) is 3.65. The Morgan fingerprint density at radius 3 is 2.48 bits per heavy atom. The Labute approximate surface area is 164 Å². The van der Waals surface area contributed by atoms with E-state index in [2.05, 4.69) is 5.32 Å². The summed E-state index contributed by atoms with van der Waals surface area (Å²) in [7, 11) is 2.89. The Bertz CT molecular complexity index is 909. The van der Waals surface area contributed by atoms with E-state index in [-0.39, 0.29) is 5.56 Å². The van der Waals surface area contributed by atoms with Crippen LogP contribution >= 0.6 is 0 Å². The number of benzene rings is 2. The van der Waals surface area contributed by atoms with Gasteiger partial charge in [-0.25, -0.2) is 4.79 Å². The fourth-order valence-electron chi connectivity index (χ4n) is 2.27. The highest BCUT2D eigenvalue weighted by Crippen LogP contribution is 2.30. The third kappa shape index (κ3) is 6.56. The molecule has 0 saturated heterocycles. The molecule has 9 heteroatoms. The summed E-state index contributed by atoms with van der Waals surface area (Å²) in [5, 5.41) is 2.52. The van der Waals surface area contributed by atoms with Crippen LogP contribution in [0.4, 0.5) is 18.9 Å². The van der Waals surface area contributed by atoms with Crippen LogP contribution in [-0.2, 0) is 20.5 Å². The zero-order valence-corrected chi connectivity index (χ0v) is 15.6. The molecule has 1 amide bonds. The van der Waals surface area contributed by atoms with Gasteiger partial charge in [0.25, 0.3) is 5.91 Å². The number of methoxy groups -OCH3 is 2. The lowest BCUT2D eigenvalue weighted by Crippen LogP contribution is -2.20. The second kappa shape index (κ2) is 9.63. The van der Waals surface area contributed by atoms with Crippen molar-refractivity contribution in [3.8, 4) is 11.5 Å². The van der Waals surface area contributed by atoms with Gasteiger partial charge in [0.15, 0.2) is 6.61 Å². The van der Waals surface area contributed by atoms with Crippen LogP contribution in [0, 0.1) is 0 Å². The van der Waals surface area contributed by atoms with Gasteiger partial charge in [-0.1, -0.05) is 12.1 Å². The van der Waals surface area contributed by atoms with E-state index in [4.69, 9.17) is 14.2 Å². The van der Waals surface area contributed by atoms with Gasteiger partial charge in [0.05, 0.1) is 25.5 Å². The SMILES string of the molecule is COc1ccc(OC)c(NC(=O)COC(=O)C=Cc2cccc(C(F)(F)F)c2)c1. The number of nitrogens with one attached hydrogen (secondary N) is 1. The molecule has 6 nitrogen and oxygen atoms in total. The van der Waals surface area contributed by atoms with Crippen LogP contribution in [0.1, 0.15) is 11.1 Å². The van der Waals surface area contributed by atoms with Crippen LogP contribution in [-0.4, -0.2) is 32.7 Å². The number of halogens is 3. The Morgan fingerprint density at radius 1 is 1.07 bits per heavy atom. The minimum Gasteiger partial charge on any atom is -0.497 e. The van der Waals surface area contributed by atoms with Crippen molar-refractivity contribution in [3.63, 3.8) is 0 Å². The molecule has 0 aliphatic carbocycles. The van der Waals surface area contributed by atoms with Crippen molar-refractivity contribution in [2.45, 2.75) is 6.18 Å². The topological polar surface area (TPSA) is 73.9 Å². The average molecular weight is 409 g/mol. The Morgan fingerprint density at radius 2 is 1.83 bits per heavy atom. The first-order valence-electron chi connectivity index (χ1n) is 8.27. The van der Waals surface area contributed by atoms with Crippen LogP contribution in [0.3, 0.4) is 0 Å². The van der Waals surface area contributed by atoms with Gasteiger partial charge in [-0.15, -0.1) is 0 Å². The zero-order valence-electron chi connectivity index (χ0n) is 15.6. The van der Waals surface area contributed by atoms with Crippen molar-refractivity contribution < 1.29 is 37.0 Å². The molecule has 0 aliphatic rings. The van der Waals surface area contributed by atoms with Crippen LogP contribution in [0.2, 0.25) is 0 Å². The Balaban J connectivity index is 1.92. The predicted octanol–water partition coefficient (Wildman–Crippen LogP) is 3.92. The van der Waals surface area contributed by atoms with Gasteiger partial charge >= 0.3 is 12.1 Å². The number of hydrogen-bond donors (Lipinski definition) is 1. The first-order valence-corrected chi connectivity index (χ1v) is 8.27. The van der Waals surface area contributed by atoms with E-state index < -0.39 is 30.2 Å². The lowest BCUT2D eigenvalue weighted by Gasteiger charge is -2.11. The molecule has 0 saturated carbocycles. The lowest BCUT2D eigenvalue weighted by atomic mass is 10.1. The number of anilines is 1. The summed E-state index contributed by atoms with van der Waals surface area (Å²) in [5.74, 6) is -0.635. The second-order valence-corrected chi connectivity index (χ2v) is 5.68. The number of esters is 1. The van der Waals surface area contributed by atoms with Crippen LogP contribution in [0.15, 0.2) is 48.5 Å². The summed E-state index contributed by atoms with van der Waals surface area (Å²) in [6.07, 6.45) is -2.38. The van der Waals surface area contributed by atoms with Crippen LogP contribution < -0.4 is 14.8 Å². The Kier molecular flexibility index (Phi) is 7.24. The first-order chi connectivity index (χ1) is 13.7. The molecule has 154 valence electrons. The molecule has 0 aliphatic heterocycles. The number of hydrogen-bond acceptors (Lipinski definition) is 5. The van der Waals surface area contributed by atoms with Gasteiger partial charge in [0.2, 0.25) is 0 Å². The van der Waals surface area contributed by atoms with E-state index in [1.807, 2.05) is 0 Å². The minimum absolute atomic E-state index is 0.169. The molecule has 0 bridgehead atoms. The largest absolute Gasteiger partial charge is 0.497 e. The number of amides is 1. The summed E-state index contributed by atoms with van der Waals surface area (Å²) in [4.78, 5) is 23.7. The van der Waals surface area contributed by atoms with E-state index >= 15 is 0 Å². The van der Waals surface area contributed by atoms with Gasteiger partial charge in [0, 0.05) is 12.1 Å². The normalized spacial score (nSPS) is 11.2. The number of carbonyl (C=O) groups excluding carboxylic acids is 2. The van der Waals surface area contributed by atoms with E-state index in [1.54, 1.807) is 12.1 Å². The fraction of sp³-hybridized carbons (Fsp3) is 0.200. The number of alkyl halides is 3. The van der Waals surface area contributed by atoms with Crippen molar-refractivity contribution in [1.82, 2.24) is 0 Å². The summed E-state index contributed by atoms with van der Waals surface area (Å²) in [6.45, 7) is -0.591. The minimum atomic E-state index is -4.48. The van der Waals surface area contributed by atoms with E-state index in [0.29, 0.717) is 17.2 Å². The summed E-state index contributed by atoms with van der Waals surface area (Å²) in [5.41, 5.74) is -0.339. The van der Waals surface area contributed by atoms with Gasteiger partial charge in [-0.2, -0.15) is 13.2 Å². The Hall–Kier alpha value is -3.49. The van der Waals surface area contributed by atoms with E-state index in [1.165, 1.54) is 38.5 Å². The second-order valence-electron chi connectivity index (χ2n) is 5.68. The van der Waals surface area contributed by atoms with Gasteiger partial charge in [0.1, 0.15) is 11.5 Å². The molecule has 1 N–H and O–H groups in total. The van der Waals surface area contributed by atoms with Crippen molar-refractivity contribution in [1.29, 1.82) is 0 Å². The van der Waals surface area contributed by atoms with E-state index in [0.717, 1.165) is 18.2 Å².